The van der Waals surface area contributed by atoms with E-state index >= 15 is 0 Å². The zero-order valence-electron chi connectivity index (χ0n) is 11.3. The molecule has 0 radical (unpaired) electrons. The SMILES string of the molecule is CCC(C)(C)C1CCC(N)C(n2ccnc2)C1. The van der Waals surface area contributed by atoms with Crippen molar-refractivity contribution in [2.45, 2.75) is 58.5 Å². The first-order valence-corrected chi connectivity index (χ1v) is 6.77. The van der Waals surface area contributed by atoms with Crippen LogP contribution in [0.3, 0.4) is 0 Å². The number of imidazole rings is 1. The van der Waals surface area contributed by atoms with Crippen LogP contribution in [0, 0.1) is 11.3 Å². The zero-order chi connectivity index (χ0) is 12.5. The van der Waals surface area contributed by atoms with Crippen LogP contribution in [0.5, 0.6) is 0 Å². The van der Waals surface area contributed by atoms with Gasteiger partial charge in [-0.25, -0.2) is 4.98 Å². The molecule has 1 heterocycles. The molecule has 0 saturated heterocycles. The summed E-state index contributed by atoms with van der Waals surface area (Å²) < 4.78 is 2.20. The lowest BCUT2D eigenvalue weighted by Gasteiger charge is -2.42. The van der Waals surface area contributed by atoms with Gasteiger partial charge in [-0.2, -0.15) is 0 Å². The summed E-state index contributed by atoms with van der Waals surface area (Å²) in [4.78, 5) is 4.15. The van der Waals surface area contributed by atoms with Crippen LogP contribution in [-0.4, -0.2) is 15.6 Å². The van der Waals surface area contributed by atoms with Crippen molar-refractivity contribution in [3.8, 4) is 0 Å². The van der Waals surface area contributed by atoms with Gasteiger partial charge in [0.05, 0.1) is 6.33 Å². The number of aromatic nitrogens is 2. The van der Waals surface area contributed by atoms with Gasteiger partial charge in [0.25, 0.3) is 0 Å². The van der Waals surface area contributed by atoms with Gasteiger partial charge in [0, 0.05) is 24.5 Å². The van der Waals surface area contributed by atoms with Gasteiger partial charge in [0.1, 0.15) is 0 Å². The lowest BCUT2D eigenvalue weighted by molar-refractivity contribution is 0.111. The summed E-state index contributed by atoms with van der Waals surface area (Å²) in [6, 6.07) is 0.718. The highest BCUT2D eigenvalue weighted by Crippen LogP contribution is 2.43. The van der Waals surface area contributed by atoms with Crippen LogP contribution in [0.25, 0.3) is 0 Å². The molecule has 0 bridgehead atoms. The second-order valence-corrected chi connectivity index (χ2v) is 6.09. The van der Waals surface area contributed by atoms with E-state index in [2.05, 4.69) is 30.3 Å². The van der Waals surface area contributed by atoms with Crippen LogP contribution in [0.15, 0.2) is 18.7 Å². The Kier molecular flexibility index (Phi) is 3.57. The summed E-state index contributed by atoms with van der Waals surface area (Å²) in [6.07, 6.45) is 10.6. The third-order valence-corrected chi connectivity index (χ3v) is 4.79. The molecule has 1 aliphatic carbocycles. The molecule has 0 amide bonds. The summed E-state index contributed by atoms with van der Waals surface area (Å²) >= 11 is 0. The number of nitrogens with zero attached hydrogens (tertiary/aromatic N) is 2. The topological polar surface area (TPSA) is 43.8 Å². The monoisotopic (exact) mass is 235 g/mol. The molecule has 1 aliphatic rings. The molecule has 17 heavy (non-hydrogen) atoms. The van der Waals surface area contributed by atoms with E-state index in [1.807, 2.05) is 18.7 Å². The first-order valence-electron chi connectivity index (χ1n) is 6.77. The zero-order valence-corrected chi connectivity index (χ0v) is 11.3. The van der Waals surface area contributed by atoms with E-state index in [9.17, 15) is 0 Å². The predicted molar refractivity (Wildman–Crippen MR) is 70.7 cm³/mol. The highest BCUT2D eigenvalue weighted by Gasteiger charge is 2.36. The molecule has 0 spiro atoms. The lowest BCUT2D eigenvalue weighted by atomic mass is 9.67. The fourth-order valence-electron chi connectivity index (χ4n) is 2.98. The van der Waals surface area contributed by atoms with Gasteiger partial charge < -0.3 is 10.3 Å². The van der Waals surface area contributed by atoms with E-state index in [4.69, 9.17) is 5.73 Å². The van der Waals surface area contributed by atoms with Crippen molar-refractivity contribution in [1.29, 1.82) is 0 Å². The molecule has 0 aliphatic heterocycles. The van der Waals surface area contributed by atoms with Crippen molar-refractivity contribution in [1.82, 2.24) is 9.55 Å². The Hall–Kier alpha value is -0.830. The van der Waals surface area contributed by atoms with Gasteiger partial charge >= 0.3 is 0 Å². The maximum Gasteiger partial charge on any atom is 0.0949 e. The number of hydrogen-bond donors (Lipinski definition) is 1. The van der Waals surface area contributed by atoms with Gasteiger partial charge in [0.2, 0.25) is 0 Å². The smallest absolute Gasteiger partial charge is 0.0949 e. The first-order chi connectivity index (χ1) is 8.04. The Morgan fingerprint density at radius 3 is 2.76 bits per heavy atom. The Morgan fingerprint density at radius 1 is 1.41 bits per heavy atom. The molecule has 1 saturated carbocycles. The van der Waals surface area contributed by atoms with Gasteiger partial charge in [-0.1, -0.05) is 27.2 Å². The molecule has 96 valence electrons. The van der Waals surface area contributed by atoms with Gasteiger partial charge in [-0.05, 0) is 30.6 Å². The fourth-order valence-corrected chi connectivity index (χ4v) is 2.98. The van der Waals surface area contributed by atoms with E-state index in [-0.39, 0.29) is 6.04 Å². The van der Waals surface area contributed by atoms with Crippen molar-refractivity contribution >= 4 is 0 Å². The number of nitrogens with two attached hydrogens (primary N) is 1. The van der Waals surface area contributed by atoms with Crippen LogP contribution in [-0.2, 0) is 0 Å². The average molecular weight is 235 g/mol. The highest BCUT2D eigenvalue weighted by atomic mass is 15.1. The van der Waals surface area contributed by atoms with Crippen molar-refractivity contribution < 1.29 is 0 Å². The van der Waals surface area contributed by atoms with Crippen LogP contribution in [0.1, 0.15) is 52.5 Å². The number of hydrogen-bond acceptors (Lipinski definition) is 2. The average Bonchev–Trinajstić information content (AvgIpc) is 2.83. The van der Waals surface area contributed by atoms with Crippen LogP contribution in [0.2, 0.25) is 0 Å². The largest absolute Gasteiger partial charge is 0.333 e. The summed E-state index contributed by atoms with van der Waals surface area (Å²) in [7, 11) is 0. The van der Waals surface area contributed by atoms with Crippen molar-refractivity contribution in [2.75, 3.05) is 0 Å². The maximum absolute atomic E-state index is 6.27. The van der Waals surface area contributed by atoms with E-state index in [0.29, 0.717) is 11.5 Å². The maximum atomic E-state index is 6.27. The lowest BCUT2D eigenvalue weighted by Crippen LogP contribution is -2.41. The van der Waals surface area contributed by atoms with Gasteiger partial charge in [-0.15, -0.1) is 0 Å². The van der Waals surface area contributed by atoms with Crippen LogP contribution >= 0.6 is 0 Å². The van der Waals surface area contributed by atoms with Crippen LogP contribution in [0.4, 0.5) is 0 Å². The van der Waals surface area contributed by atoms with Crippen molar-refractivity contribution in [3.05, 3.63) is 18.7 Å². The molecule has 3 atom stereocenters. The molecule has 1 aromatic heterocycles. The Labute approximate surface area is 104 Å². The second-order valence-electron chi connectivity index (χ2n) is 6.09. The van der Waals surface area contributed by atoms with Crippen LogP contribution < -0.4 is 5.73 Å². The standard InChI is InChI=1S/C14H25N3/c1-4-14(2,3)11-5-6-12(15)13(9-11)17-8-7-16-10-17/h7-8,10-13H,4-6,9,15H2,1-3H3. The van der Waals surface area contributed by atoms with E-state index in [0.717, 1.165) is 12.3 Å². The second kappa shape index (κ2) is 4.81. The third kappa shape index (κ3) is 2.54. The van der Waals surface area contributed by atoms with Gasteiger partial charge in [-0.3, -0.25) is 0 Å². The summed E-state index contributed by atoms with van der Waals surface area (Å²) in [5, 5.41) is 0. The number of rotatable bonds is 3. The molecular formula is C14H25N3. The Morgan fingerprint density at radius 2 is 2.18 bits per heavy atom. The summed E-state index contributed by atoms with van der Waals surface area (Å²) in [5.41, 5.74) is 6.70. The molecular weight excluding hydrogens is 210 g/mol. The molecule has 2 rings (SSSR count). The minimum atomic E-state index is 0.285. The normalized spacial score (nSPS) is 30.5. The fraction of sp³-hybridized carbons (Fsp3) is 0.786. The van der Waals surface area contributed by atoms with Crippen molar-refractivity contribution in [3.63, 3.8) is 0 Å². The minimum absolute atomic E-state index is 0.285. The molecule has 3 heteroatoms. The molecule has 2 N–H and O–H groups in total. The molecule has 1 fully saturated rings. The Balaban J connectivity index is 2.12. The van der Waals surface area contributed by atoms with E-state index in [1.165, 1.54) is 19.3 Å². The minimum Gasteiger partial charge on any atom is -0.333 e. The summed E-state index contributed by atoms with van der Waals surface area (Å²) in [5.74, 6) is 0.777. The predicted octanol–water partition coefficient (Wildman–Crippen LogP) is 2.99. The molecule has 0 aromatic carbocycles. The Bertz CT molecular complexity index is 342. The molecule has 3 unspecified atom stereocenters. The third-order valence-electron chi connectivity index (χ3n) is 4.79. The van der Waals surface area contributed by atoms with Crippen molar-refractivity contribution in [2.24, 2.45) is 17.1 Å². The van der Waals surface area contributed by atoms with E-state index in [1.54, 1.807) is 0 Å². The summed E-state index contributed by atoms with van der Waals surface area (Å²) in [6.45, 7) is 7.07. The van der Waals surface area contributed by atoms with Gasteiger partial charge in [0.15, 0.2) is 0 Å². The quantitative estimate of drug-likeness (QED) is 0.875. The first kappa shape index (κ1) is 12.6. The highest BCUT2D eigenvalue weighted by molar-refractivity contribution is 4.94. The van der Waals surface area contributed by atoms with E-state index < -0.39 is 0 Å². The molecule has 3 nitrogen and oxygen atoms in total. The molecule has 1 aromatic rings.